The molecule has 2 radical (unpaired) electrons. The van der Waals surface area contributed by atoms with Crippen molar-refractivity contribution in [2.75, 3.05) is 19.6 Å². The normalized spacial score (nSPS) is 26.4. The Bertz CT molecular complexity index is 454. The summed E-state index contributed by atoms with van der Waals surface area (Å²) in [6, 6.07) is 10.0. The number of carbonyl (C=O) groups excluding carboxylic acids is 1. The van der Waals surface area contributed by atoms with Crippen LogP contribution in [0.1, 0.15) is 12.0 Å². The van der Waals surface area contributed by atoms with Gasteiger partial charge in [-0.2, -0.15) is 0 Å². The molecule has 0 aromatic heterocycles. The first-order valence-corrected chi connectivity index (χ1v) is 6.71. The lowest BCUT2D eigenvalue weighted by Crippen LogP contribution is -2.35. The quantitative estimate of drug-likeness (QED) is 0.750. The van der Waals surface area contributed by atoms with Crippen LogP contribution in [0.25, 0.3) is 0 Å². The number of amides is 1. The molecule has 0 aliphatic carbocycles. The molecule has 5 heteroatoms. The van der Waals surface area contributed by atoms with Crippen LogP contribution in [0.15, 0.2) is 30.3 Å². The molecule has 98 valence electrons. The number of likely N-dealkylation sites (tertiary alicyclic amines) is 1. The van der Waals surface area contributed by atoms with Crippen LogP contribution in [0.4, 0.5) is 4.79 Å². The van der Waals surface area contributed by atoms with Crippen molar-refractivity contribution < 1.29 is 9.53 Å². The topological polar surface area (TPSA) is 32.8 Å². The van der Waals surface area contributed by atoms with Gasteiger partial charge in [0.1, 0.15) is 6.61 Å². The molecule has 3 rings (SSSR count). The predicted molar refractivity (Wildman–Crippen MR) is 72.6 cm³/mol. The van der Waals surface area contributed by atoms with Crippen molar-refractivity contribution in [3.05, 3.63) is 35.9 Å². The SMILES string of the molecule is [B]N1CC[C@@H]2CN(C(=O)OCc3ccccc3)C[C@@H]21. The summed E-state index contributed by atoms with van der Waals surface area (Å²) in [5.74, 6) is 0.509. The summed E-state index contributed by atoms with van der Waals surface area (Å²) in [6.45, 7) is 2.72. The van der Waals surface area contributed by atoms with E-state index in [1.54, 1.807) is 4.90 Å². The van der Waals surface area contributed by atoms with E-state index in [1.807, 2.05) is 35.1 Å². The molecule has 0 unspecified atom stereocenters. The highest BCUT2D eigenvalue weighted by Gasteiger charge is 2.41. The molecule has 0 saturated carbocycles. The number of benzene rings is 1. The van der Waals surface area contributed by atoms with Crippen LogP contribution in [0, 0.1) is 5.92 Å². The fourth-order valence-electron chi connectivity index (χ4n) is 2.95. The Morgan fingerprint density at radius 2 is 2.11 bits per heavy atom. The molecule has 1 aromatic carbocycles. The third kappa shape index (κ3) is 2.61. The van der Waals surface area contributed by atoms with Crippen LogP contribution in [0.2, 0.25) is 0 Å². The van der Waals surface area contributed by atoms with Gasteiger partial charge in [-0.15, -0.1) is 0 Å². The van der Waals surface area contributed by atoms with Crippen molar-refractivity contribution >= 4 is 14.1 Å². The van der Waals surface area contributed by atoms with Gasteiger partial charge in [-0.1, -0.05) is 30.3 Å². The molecule has 1 amide bonds. The molecule has 0 spiro atoms. The molecule has 1 aromatic rings. The molecule has 2 aliphatic rings. The number of nitrogens with zero attached hydrogens (tertiary/aromatic N) is 2. The van der Waals surface area contributed by atoms with E-state index in [0.29, 0.717) is 25.1 Å². The Morgan fingerprint density at radius 1 is 1.32 bits per heavy atom. The van der Waals surface area contributed by atoms with Gasteiger partial charge in [0, 0.05) is 19.1 Å². The maximum Gasteiger partial charge on any atom is 0.410 e. The zero-order valence-corrected chi connectivity index (χ0v) is 10.9. The van der Waals surface area contributed by atoms with Crippen LogP contribution in [-0.2, 0) is 11.3 Å². The van der Waals surface area contributed by atoms with Crippen LogP contribution in [-0.4, -0.2) is 49.5 Å². The van der Waals surface area contributed by atoms with Gasteiger partial charge >= 0.3 is 6.09 Å². The Hall–Kier alpha value is -1.49. The van der Waals surface area contributed by atoms with Gasteiger partial charge in [0.2, 0.25) is 0 Å². The van der Waals surface area contributed by atoms with E-state index in [9.17, 15) is 4.79 Å². The minimum atomic E-state index is -0.230. The Labute approximate surface area is 114 Å². The zero-order chi connectivity index (χ0) is 13.2. The monoisotopic (exact) mass is 256 g/mol. The Kier molecular flexibility index (Phi) is 3.47. The molecular weight excluding hydrogens is 239 g/mol. The van der Waals surface area contributed by atoms with Crippen molar-refractivity contribution in [2.24, 2.45) is 5.92 Å². The van der Waals surface area contributed by atoms with E-state index < -0.39 is 0 Å². The summed E-state index contributed by atoms with van der Waals surface area (Å²) >= 11 is 0. The second-order valence-electron chi connectivity index (χ2n) is 5.30. The molecule has 2 fully saturated rings. The van der Waals surface area contributed by atoms with E-state index in [0.717, 1.165) is 25.1 Å². The lowest BCUT2D eigenvalue weighted by molar-refractivity contribution is 0.101. The van der Waals surface area contributed by atoms with Crippen molar-refractivity contribution in [3.8, 4) is 0 Å². The highest BCUT2D eigenvalue weighted by atomic mass is 16.6. The fourth-order valence-corrected chi connectivity index (χ4v) is 2.95. The van der Waals surface area contributed by atoms with E-state index in [4.69, 9.17) is 12.7 Å². The van der Waals surface area contributed by atoms with Crippen LogP contribution in [0.5, 0.6) is 0 Å². The van der Waals surface area contributed by atoms with Gasteiger partial charge < -0.3 is 14.4 Å². The number of hydrogen-bond donors (Lipinski definition) is 0. The maximum atomic E-state index is 12.0. The number of ether oxygens (including phenoxy) is 1. The van der Waals surface area contributed by atoms with Gasteiger partial charge in [-0.25, -0.2) is 4.79 Å². The minimum Gasteiger partial charge on any atom is -0.445 e. The first kappa shape index (κ1) is 12.5. The standard InChI is InChI=1S/C14H17BN2O2/c15-17-7-6-12-8-16(9-13(12)17)14(18)19-10-11-4-2-1-3-5-11/h1-5,12-13H,6-10H2/t12-,13+/m1/s1. The minimum absolute atomic E-state index is 0.230. The smallest absolute Gasteiger partial charge is 0.410 e. The Morgan fingerprint density at radius 3 is 2.84 bits per heavy atom. The van der Waals surface area contributed by atoms with Crippen LogP contribution in [0.3, 0.4) is 0 Å². The van der Waals surface area contributed by atoms with Gasteiger partial charge in [0.15, 0.2) is 7.98 Å². The second-order valence-corrected chi connectivity index (χ2v) is 5.30. The van der Waals surface area contributed by atoms with Crippen molar-refractivity contribution in [2.45, 2.75) is 19.1 Å². The van der Waals surface area contributed by atoms with Crippen molar-refractivity contribution in [1.82, 2.24) is 9.71 Å². The largest absolute Gasteiger partial charge is 0.445 e. The van der Waals surface area contributed by atoms with Crippen LogP contribution < -0.4 is 0 Å². The number of rotatable bonds is 2. The van der Waals surface area contributed by atoms with Gasteiger partial charge in [0.05, 0.1) is 0 Å². The van der Waals surface area contributed by atoms with Gasteiger partial charge in [0.25, 0.3) is 0 Å². The molecule has 2 atom stereocenters. The molecule has 4 nitrogen and oxygen atoms in total. The van der Waals surface area contributed by atoms with E-state index in [2.05, 4.69) is 0 Å². The highest BCUT2D eigenvalue weighted by molar-refractivity contribution is 6.04. The number of fused-ring (bicyclic) bond motifs is 1. The number of hydrogen-bond acceptors (Lipinski definition) is 3. The van der Waals surface area contributed by atoms with Gasteiger partial charge in [-0.05, 0) is 24.4 Å². The molecule has 2 aliphatic heterocycles. The summed E-state index contributed by atoms with van der Waals surface area (Å²) in [4.78, 5) is 15.6. The molecule has 19 heavy (non-hydrogen) atoms. The average molecular weight is 256 g/mol. The summed E-state index contributed by atoms with van der Waals surface area (Å²) in [7, 11) is 5.90. The maximum absolute atomic E-state index is 12.0. The molecule has 0 bridgehead atoms. The van der Waals surface area contributed by atoms with Crippen molar-refractivity contribution in [3.63, 3.8) is 0 Å². The number of carbonyl (C=O) groups is 1. The van der Waals surface area contributed by atoms with E-state index >= 15 is 0 Å². The third-order valence-corrected chi connectivity index (χ3v) is 4.05. The molecule has 2 saturated heterocycles. The van der Waals surface area contributed by atoms with Crippen molar-refractivity contribution in [1.29, 1.82) is 0 Å². The molecule has 2 heterocycles. The highest BCUT2D eigenvalue weighted by Crippen LogP contribution is 2.30. The lowest BCUT2D eigenvalue weighted by Gasteiger charge is -2.20. The first-order chi connectivity index (χ1) is 9.24. The Balaban J connectivity index is 1.52. The molecule has 0 N–H and O–H groups in total. The first-order valence-electron chi connectivity index (χ1n) is 6.71. The van der Waals surface area contributed by atoms with Crippen LogP contribution >= 0.6 is 0 Å². The molecular formula is C14H17BN2O2. The summed E-state index contributed by atoms with van der Waals surface area (Å²) < 4.78 is 5.34. The summed E-state index contributed by atoms with van der Waals surface area (Å²) in [6.07, 6.45) is 0.843. The third-order valence-electron chi connectivity index (χ3n) is 4.05. The zero-order valence-electron chi connectivity index (χ0n) is 10.9. The average Bonchev–Trinajstić information content (AvgIpc) is 3.00. The predicted octanol–water partition coefficient (Wildman–Crippen LogP) is 1.41. The van der Waals surface area contributed by atoms with E-state index in [1.165, 1.54) is 0 Å². The fraction of sp³-hybridized carbons (Fsp3) is 0.500. The second kappa shape index (κ2) is 5.25. The summed E-state index contributed by atoms with van der Waals surface area (Å²) in [5.41, 5.74) is 1.01. The summed E-state index contributed by atoms with van der Waals surface area (Å²) in [5, 5.41) is 0. The van der Waals surface area contributed by atoms with E-state index in [-0.39, 0.29) is 6.09 Å². The lowest BCUT2D eigenvalue weighted by atomic mass is 10.0. The van der Waals surface area contributed by atoms with Gasteiger partial charge in [-0.3, -0.25) is 0 Å².